The average Bonchev–Trinajstić information content (AvgIpc) is 3.39. The summed E-state index contributed by atoms with van der Waals surface area (Å²) in [7, 11) is 0. The fourth-order valence-electron chi connectivity index (χ4n) is 3.81. The highest BCUT2D eigenvalue weighted by Gasteiger charge is 2.18. The van der Waals surface area contributed by atoms with Gasteiger partial charge < -0.3 is 5.11 Å². The van der Waals surface area contributed by atoms with Gasteiger partial charge in [0, 0.05) is 5.02 Å². The van der Waals surface area contributed by atoms with Crippen LogP contribution in [-0.4, -0.2) is 34.5 Å². The van der Waals surface area contributed by atoms with Gasteiger partial charge in [-0.1, -0.05) is 41.9 Å². The first-order valence-electron chi connectivity index (χ1n) is 9.66. The summed E-state index contributed by atoms with van der Waals surface area (Å²) in [5, 5.41) is 27.2. The lowest BCUT2D eigenvalue weighted by Gasteiger charge is -2.07. The van der Waals surface area contributed by atoms with Crippen LogP contribution < -0.4 is 0 Å². The Morgan fingerprint density at radius 3 is 2.55 bits per heavy atom. The fraction of sp³-hybridized carbons (Fsp3) is 0.0435. The van der Waals surface area contributed by atoms with Crippen LogP contribution in [0, 0.1) is 6.92 Å². The Morgan fingerprint density at radius 2 is 1.74 bits per heavy atom. The van der Waals surface area contributed by atoms with Crippen LogP contribution in [0.1, 0.15) is 5.56 Å². The highest BCUT2D eigenvalue weighted by Crippen LogP contribution is 2.33. The van der Waals surface area contributed by atoms with Gasteiger partial charge in [-0.05, 0) is 47.5 Å². The van der Waals surface area contributed by atoms with Gasteiger partial charge in [-0.3, -0.25) is 4.40 Å². The van der Waals surface area contributed by atoms with E-state index in [1.807, 2.05) is 55.5 Å². The third-order valence-corrected chi connectivity index (χ3v) is 5.89. The molecule has 8 heteroatoms. The van der Waals surface area contributed by atoms with Gasteiger partial charge in [0.05, 0.1) is 22.8 Å². The molecule has 6 aromatic rings. The van der Waals surface area contributed by atoms with Gasteiger partial charge in [-0.15, -0.1) is 10.2 Å². The van der Waals surface area contributed by atoms with E-state index in [0.717, 1.165) is 27.4 Å². The highest BCUT2D eigenvalue weighted by molar-refractivity contribution is 6.31. The smallest absolute Gasteiger partial charge is 0.175 e. The van der Waals surface area contributed by atoms with E-state index >= 15 is 0 Å². The summed E-state index contributed by atoms with van der Waals surface area (Å²) in [6.07, 6.45) is 3.36. The Hall–Kier alpha value is -3.97. The number of benzene rings is 3. The first-order chi connectivity index (χ1) is 15.1. The number of fused-ring (bicyclic) bond motifs is 4. The third kappa shape index (κ3) is 2.67. The number of halogens is 1. The van der Waals surface area contributed by atoms with Crippen molar-refractivity contribution in [3.8, 4) is 22.8 Å². The van der Waals surface area contributed by atoms with Crippen molar-refractivity contribution in [1.29, 1.82) is 0 Å². The predicted molar refractivity (Wildman–Crippen MR) is 120 cm³/mol. The number of hydrogen-bond acceptors (Lipinski definition) is 5. The van der Waals surface area contributed by atoms with Crippen LogP contribution in [0.2, 0.25) is 5.02 Å². The Bertz CT molecular complexity index is 1630. The molecule has 3 aromatic heterocycles. The summed E-state index contributed by atoms with van der Waals surface area (Å²) in [5.41, 5.74) is 3.65. The predicted octanol–water partition coefficient (Wildman–Crippen LogP) is 4.95. The largest absolute Gasteiger partial charge is 0.507 e. The van der Waals surface area contributed by atoms with E-state index in [-0.39, 0.29) is 5.75 Å². The van der Waals surface area contributed by atoms with Crippen LogP contribution in [0.4, 0.5) is 0 Å². The lowest BCUT2D eigenvalue weighted by molar-refractivity contribution is 0.477. The van der Waals surface area contributed by atoms with Crippen LogP contribution in [0.5, 0.6) is 5.75 Å². The summed E-state index contributed by atoms with van der Waals surface area (Å²) in [4.78, 5) is 4.61. The Balaban J connectivity index is 1.55. The molecule has 0 fully saturated rings. The molecule has 3 heterocycles. The number of aryl methyl sites for hydroxylation is 1. The molecule has 0 bridgehead atoms. The zero-order valence-corrected chi connectivity index (χ0v) is 17.1. The van der Waals surface area contributed by atoms with Gasteiger partial charge in [-0.25, -0.2) is 9.67 Å². The molecular weight excluding hydrogens is 412 g/mol. The van der Waals surface area contributed by atoms with E-state index in [2.05, 4.69) is 20.3 Å². The summed E-state index contributed by atoms with van der Waals surface area (Å²) in [5.74, 6) is 0.650. The van der Waals surface area contributed by atoms with Crippen LogP contribution in [-0.2, 0) is 0 Å². The normalized spacial score (nSPS) is 11.7. The van der Waals surface area contributed by atoms with E-state index in [4.69, 9.17) is 11.6 Å². The Morgan fingerprint density at radius 1 is 0.935 bits per heavy atom. The molecule has 0 aliphatic carbocycles. The lowest BCUT2D eigenvalue weighted by atomic mass is 10.1. The molecule has 6 rings (SSSR count). The highest BCUT2D eigenvalue weighted by atomic mass is 35.5. The van der Waals surface area contributed by atoms with E-state index in [9.17, 15) is 5.11 Å². The van der Waals surface area contributed by atoms with Gasteiger partial charge in [0.1, 0.15) is 12.1 Å². The minimum absolute atomic E-state index is 0.137. The average molecular weight is 427 g/mol. The zero-order valence-electron chi connectivity index (χ0n) is 16.4. The first kappa shape index (κ1) is 17.9. The second-order valence-electron chi connectivity index (χ2n) is 7.41. The standard InChI is InChI=1S/C23H15ClN6O/c1-13-6-7-16(10-19(13)24)30-21-18(11-26-30)23-28-27-22(29(23)12-25-21)17-8-14-4-2-3-5-15(14)9-20(17)31/h2-12,31H,1H3. The van der Waals surface area contributed by atoms with Crippen molar-refractivity contribution in [3.05, 3.63) is 77.7 Å². The molecule has 1 N–H and O–H groups in total. The maximum absolute atomic E-state index is 10.6. The van der Waals surface area contributed by atoms with Crippen molar-refractivity contribution >= 4 is 39.1 Å². The third-order valence-electron chi connectivity index (χ3n) is 5.48. The molecule has 0 saturated carbocycles. The molecule has 0 saturated heterocycles. The Kier molecular flexibility index (Phi) is 3.75. The molecule has 0 radical (unpaired) electrons. The molecular formula is C23H15ClN6O. The van der Waals surface area contributed by atoms with E-state index < -0.39 is 0 Å². The molecule has 31 heavy (non-hydrogen) atoms. The monoisotopic (exact) mass is 426 g/mol. The summed E-state index contributed by atoms with van der Waals surface area (Å²) in [6.45, 7) is 1.95. The number of phenolic OH excluding ortho intramolecular Hbond substituents is 1. The summed E-state index contributed by atoms with van der Waals surface area (Å²) in [6, 6.07) is 17.2. The second-order valence-corrected chi connectivity index (χ2v) is 7.81. The van der Waals surface area contributed by atoms with Gasteiger partial charge in [0.15, 0.2) is 17.1 Å². The molecule has 150 valence electrons. The Labute approximate surface area is 181 Å². The fourth-order valence-corrected chi connectivity index (χ4v) is 3.99. The van der Waals surface area contributed by atoms with E-state index in [1.165, 1.54) is 0 Å². The molecule has 0 aliphatic rings. The molecule has 3 aromatic carbocycles. The first-order valence-corrected chi connectivity index (χ1v) is 10.0. The maximum atomic E-state index is 10.6. The molecule has 0 spiro atoms. The quantitative estimate of drug-likeness (QED) is 0.423. The topological polar surface area (TPSA) is 81.1 Å². The minimum atomic E-state index is 0.137. The van der Waals surface area contributed by atoms with Crippen molar-refractivity contribution in [1.82, 2.24) is 29.4 Å². The molecule has 0 unspecified atom stereocenters. The van der Waals surface area contributed by atoms with Gasteiger partial charge in [0.25, 0.3) is 0 Å². The van der Waals surface area contributed by atoms with Gasteiger partial charge in [-0.2, -0.15) is 5.10 Å². The van der Waals surface area contributed by atoms with Crippen molar-refractivity contribution in [2.45, 2.75) is 6.92 Å². The number of aromatic nitrogens is 6. The van der Waals surface area contributed by atoms with Crippen molar-refractivity contribution < 1.29 is 5.11 Å². The molecule has 7 nitrogen and oxygen atoms in total. The van der Waals surface area contributed by atoms with Crippen molar-refractivity contribution in [3.63, 3.8) is 0 Å². The maximum Gasteiger partial charge on any atom is 0.175 e. The van der Waals surface area contributed by atoms with Gasteiger partial charge >= 0.3 is 0 Å². The lowest BCUT2D eigenvalue weighted by Crippen LogP contribution is -1.99. The molecule has 0 atom stereocenters. The van der Waals surface area contributed by atoms with E-state index in [0.29, 0.717) is 27.7 Å². The number of nitrogens with zero attached hydrogens (tertiary/aromatic N) is 6. The van der Waals surface area contributed by atoms with Crippen LogP contribution in [0.25, 0.3) is 44.5 Å². The summed E-state index contributed by atoms with van der Waals surface area (Å²) >= 11 is 6.29. The summed E-state index contributed by atoms with van der Waals surface area (Å²) < 4.78 is 3.49. The number of hydrogen-bond donors (Lipinski definition) is 1. The van der Waals surface area contributed by atoms with Crippen molar-refractivity contribution in [2.24, 2.45) is 0 Å². The van der Waals surface area contributed by atoms with Gasteiger partial charge in [0.2, 0.25) is 0 Å². The zero-order chi connectivity index (χ0) is 21.1. The molecule has 0 amide bonds. The van der Waals surface area contributed by atoms with Crippen LogP contribution >= 0.6 is 11.6 Å². The SMILES string of the molecule is Cc1ccc(-n2ncc3c2ncn2c(-c4cc5ccccc5cc4O)nnc32)cc1Cl. The second kappa shape index (κ2) is 6.52. The number of aromatic hydroxyl groups is 1. The van der Waals surface area contributed by atoms with E-state index in [1.54, 1.807) is 27.7 Å². The molecule has 0 aliphatic heterocycles. The van der Waals surface area contributed by atoms with Crippen LogP contribution in [0.15, 0.2) is 67.1 Å². The number of rotatable bonds is 2. The number of phenols is 1. The minimum Gasteiger partial charge on any atom is -0.507 e. The van der Waals surface area contributed by atoms with Crippen molar-refractivity contribution in [2.75, 3.05) is 0 Å². The van der Waals surface area contributed by atoms with Crippen LogP contribution in [0.3, 0.4) is 0 Å².